The fraction of sp³-hybridized carbons (Fsp3) is 0.929. The molecule has 2 rings (SSSR count). The Balaban J connectivity index is 1.81. The maximum Gasteiger partial charge on any atom is 0.0990 e. The Labute approximate surface area is 106 Å². The van der Waals surface area contributed by atoms with Crippen molar-refractivity contribution >= 4 is 5.84 Å². The van der Waals surface area contributed by atoms with E-state index in [9.17, 15) is 0 Å². The van der Waals surface area contributed by atoms with Gasteiger partial charge in [0.25, 0.3) is 0 Å². The van der Waals surface area contributed by atoms with Crippen LogP contribution in [0, 0.1) is 11.3 Å². The van der Waals surface area contributed by atoms with Crippen LogP contribution in [-0.4, -0.2) is 47.9 Å². The van der Waals surface area contributed by atoms with Crippen molar-refractivity contribution in [2.45, 2.75) is 52.0 Å². The van der Waals surface area contributed by atoms with Crippen LogP contribution in [0.15, 0.2) is 0 Å². The van der Waals surface area contributed by atoms with Gasteiger partial charge >= 0.3 is 0 Å². The van der Waals surface area contributed by atoms with E-state index in [1.807, 2.05) is 0 Å². The highest BCUT2D eigenvalue weighted by Crippen LogP contribution is 2.26. The first-order chi connectivity index (χ1) is 8.18. The average Bonchev–Trinajstić information content (AvgIpc) is 2.39. The van der Waals surface area contributed by atoms with Crippen molar-refractivity contribution in [3.8, 4) is 0 Å². The zero-order valence-electron chi connectivity index (χ0n) is 11.4. The van der Waals surface area contributed by atoms with E-state index in [0.717, 1.165) is 32.0 Å². The minimum absolute atomic E-state index is 0.564. The summed E-state index contributed by atoms with van der Waals surface area (Å²) in [6, 6.07) is 0.654. The third kappa shape index (κ3) is 3.21. The van der Waals surface area contributed by atoms with Crippen LogP contribution in [0.1, 0.15) is 46.0 Å². The van der Waals surface area contributed by atoms with Gasteiger partial charge in [-0.1, -0.05) is 19.3 Å². The summed E-state index contributed by atoms with van der Waals surface area (Å²) in [6.45, 7) is 8.92. The molecule has 1 N–H and O–H groups in total. The first-order valence-corrected chi connectivity index (χ1v) is 7.26. The van der Waals surface area contributed by atoms with Crippen LogP contribution in [0.25, 0.3) is 0 Å². The molecule has 0 amide bonds. The minimum atomic E-state index is 0.564. The molecule has 0 spiro atoms. The molecule has 1 heterocycles. The molecule has 3 heteroatoms. The fourth-order valence-electron chi connectivity index (χ4n) is 3.11. The molecule has 0 aromatic carbocycles. The van der Waals surface area contributed by atoms with Crippen molar-refractivity contribution in [1.82, 2.24) is 9.80 Å². The third-order valence-corrected chi connectivity index (χ3v) is 4.38. The Kier molecular flexibility index (Phi) is 4.43. The topological polar surface area (TPSA) is 30.3 Å². The van der Waals surface area contributed by atoms with Crippen LogP contribution in [0.5, 0.6) is 0 Å². The van der Waals surface area contributed by atoms with Crippen molar-refractivity contribution in [2.24, 2.45) is 5.92 Å². The number of amidine groups is 1. The molecule has 3 nitrogen and oxygen atoms in total. The standard InChI is InChI=1S/C14H27N3/c1-12(2)16-8-10-17(11-9-16)14(15)13-6-4-3-5-7-13/h12-13,15H,3-11H2,1-2H3. The lowest BCUT2D eigenvalue weighted by atomic mass is 9.88. The fourth-order valence-corrected chi connectivity index (χ4v) is 3.11. The van der Waals surface area contributed by atoms with E-state index in [0.29, 0.717) is 12.0 Å². The van der Waals surface area contributed by atoms with Crippen molar-refractivity contribution in [1.29, 1.82) is 5.41 Å². The lowest BCUT2D eigenvalue weighted by molar-refractivity contribution is 0.143. The molecule has 2 aliphatic rings. The molecule has 0 aromatic heterocycles. The van der Waals surface area contributed by atoms with Crippen LogP contribution in [0.3, 0.4) is 0 Å². The van der Waals surface area contributed by atoms with Crippen LogP contribution < -0.4 is 0 Å². The van der Waals surface area contributed by atoms with Gasteiger partial charge in [0.2, 0.25) is 0 Å². The molecule has 1 saturated heterocycles. The maximum atomic E-state index is 8.36. The van der Waals surface area contributed by atoms with Crippen molar-refractivity contribution in [2.75, 3.05) is 26.2 Å². The number of hydrogen-bond donors (Lipinski definition) is 1. The number of hydrogen-bond acceptors (Lipinski definition) is 2. The van der Waals surface area contributed by atoms with Gasteiger partial charge in [-0.2, -0.15) is 0 Å². The first-order valence-electron chi connectivity index (χ1n) is 7.26. The summed E-state index contributed by atoms with van der Waals surface area (Å²) in [4.78, 5) is 4.85. The summed E-state index contributed by atoms with van der Waals surface area (Å²) in [5.74, 6) is 1.50. The summed E-state index contributed by atoms with van der Waals surface area (Å²) in [6.07, 6.45) is 6.55. The zero-order valence-corrected chi connectivity index (χ0v) is 11.4. The zero-order chi connectivity index (χ0) is 12.3. The van der Waals surface area contributed by atoms with Gasteiger partial charge in [-0.3, -0.25) is 10.3 Å². The Morgan fingerprint density at radius 2 is 1.59 bits per heavy atom. The summed E-state index contributed by atoms with van der Waals surface area (Å²) >= 11 is 0. The second kappa shape index (κ2) is 5.85. The highest BCUT2D eigenvalue weighted by atomic mass is 15.3. The van der Waals surface area contributed by atoms with Gasteiger partial charge in [-0.15, -0.1) is 0 Å². The van der Waals surface area contributed by atoms with Crippen LogP contribution in [0.2, 0.25) is 0 Å². The molecule has 0 aromatic rings. The molecule has 17 heavy (non-hydrogen) atoms. The van der Waals surface area contributed by atoms with Crippen molar-refractivity contribution in [3.63, 3.8) is 0 Å². The average molecular weight is 237 g/mol. The van der Waals surface area contributed by atoms with Crippen molar-refractivity contribution in [3.05, 3.63) is 0 Å². The van der Waals surface area contributed by atoms with Gasteiger partial charge in [0, 0.05) is 38.1 Å². The second-order valence-corrected chi connectivity index (χ2v) is 5.84. The summed E-state index contributed by atoms with van der Waals surface area (Å²) in [7, 11) is 0. The third-order valence-electron chi connectivity index (χ3n) is 4.38. The smallest absolute Gasteiger partial charge is 0.0990 e. The molecule has 0 radical (unpaired) electrons. The molecule has 2 fully saturated rings. The number of rotatable bonds is 2. The molecular weight excluding hydrogens is 210 g/mol. The molecule has 1 aliphatic carbocycles. The molecule has 0 bridgehead atoms. The van der Waals surface area contributed by atoms with E-state index in [4.69, 9.17) is 5.41 Å². The van der Waals surface area contributed by atoms with E-state index in [1.165, 1.54) is 32.1 Å². The van der Waals surface area contributed by atoms with Gasteiger partial charge in [0.1, 0.15) is 0 Å². The van der Waals surface area contributed by atoms with E-state index >= 15 is 0 Å². The molecule has 0 unspecified atom stereocenters. The highest BCUT2D eigenvalue weighted by Gasteiger charge is 2.26. The first kappa shape index (κ1) is 12.9. The summed E-state index contributed by atoms with van der Waals surface area (Å²) in [5, 5.41) is 8.36. The number of nitrogens with zero attached hydrogens (tertiary/aromatic N) is 2. The molecular formula is C14H27N3. The van der Waals surface area contributed by atoms with Crippen molar-refractivity contribution < 1.29 is 0 Å². The van der Waals surface area contributed by atoms with Gasteiger partial charge in [0.15, 0.2) is 0 Å². The number of nitrogens with one attached hydrogen (secondary N) is 1. The molecule has 1 aliphatic heterocycles. The highest BCUT2D eigenvalue weighted by molar-refractivity contribution is 5.81. The van der Waals surface area contributed by atoms with E-state index < -0.39 is 0 Å². The Hall–Kier alpha value is -0.570. The summed E-state index contributed by atoms with van der Waals surface area (Å²) < 4.78 is 0. The lowest BCUT2D eigenvalue weighted by Gasteiger charge is -2.40. The molecule has 98 valence electrons. The van der Waals surface area contributed by atoms with Gasteiger partial charge in [-0.05, 0) is 26.7 Å². The maximum absolute atomic E-state index is 8.36. The molecule has 1 saturated carbocycles. The van der Waals surface area contributed by atoms with Gasteiger partial charge in [0.05, 0.1) is 5.84 Å². The Bertz CT molecular complexity index is 248. The summed E-state index contributed by atoms with van der Waals surface area (Å²) in [5.41, 5.74) is 0. The van der Waals surface area contributed by atoms with Crippen LogP contribution >= 0.6 is 0 Å². The van der Waals surface area contributed by atoms with E-state index in [-0.39, 0.29) is 0 Å². The Morgan fingerprint density at radius 1 is 1.00 bits per heavy atom. The second-order valence-electron chi connectivity index (χ2n) is 5.84. The van der Waals surface area contributed by atoms with Gasteiger partial charge < -0.3 is 4.90 Å². The quantitative estimate of drug-likeness (QED) is 0.591. The minimum Gasteiger partial charge on any atom is -0.358 e. The SMILES string of the molecule is CC(C)N1CCN(C(=N)C2CCCCC2)CC1. The normalized spacial score (nSPS) is 24.3. The predicted octanol–water partition coefficient (Wildman–Crippen LogP) is 2.57. The van der Waals surface area contributed by atoms with E-state index in [2.05, 4.69) is 23.6 Å². The number of piperazine rings is 1. The molecule has 0 atom stereocenters. The predicted molar refractivity (Wildman–Crippen MR) is 72.6 cm³/mol. The van der Waals surface area contributed by atoms with Crippen LogP contribution in [0.4, 0.5) is 0 Å². The lowest BCUT2D eigenvalue weighted by Crippen LogP contribution is -2.52. The monoisotopic (exact) mass is 237 g/mol. The van der Waals surface area contributed by atoms with Crippen LogP contribution in [-0.2, 0) is 0 Å². The van der Waals surface area contributed by atoms with E-state index in [1.54, 1.807) is 0 Å². The Morgan fingerprint density at radius 3 is 2.12 bits per heavy atom. The van der Waals surface area contributed by atoms with Gasteiger partial charge in [-0.25, -0.2) is 0 Å². The largest absolute Gasteiger partial charge is 0.358 e.